The monoisotopic (exact) mass is 593 g/mol. The predicted octanol–water partition coefficient (Wildman–Crippen LogP) is 4.77. The maximum Gasteiger partial charge on any atom is 0.264 e. The Morgan fingerprint density at radius 2 is 1.52 bits per heavy atom. The number of carbonyl (C=O) groups excluding carboxylic acids is 2. The highest BCUT2D eigenvalue weighted by Gasteiger charge is 2.34. The number of sulfonamides is 1. The first kappa shape index (κ1) is 30.9. The third-order valence-electron chi connectivity index (χ3n) is 7.55. The van der Waals surface area contributed by atoms with E-state index in [9.17, 15) is 18.0 Å². The van der Waals surface area contributed by atoms with Crippen molar-refractivity contribution in [3.63, 3.8) is 0 Å². The van der Waals surface area contributed by atoms with E-state index in [0.717, 1.165) is 35.6 Å². The second-order valence-electron chi connectivity index (χ2n) is 10.3. The summed E-state index contributed by atoms with van der Waals surface area (Å²) in [6, 6.07) is 21.3. The van der Waals surface area contributed by atoms with Crippen molar-refractivity contribution in [1.82, 2.24) is 10.2 Å². The lowest BCUT2D eigenvalue weighted by atomic mass is 10.1. The number of benzene rings is 3. The molecular weight excluding hydrogens is 554 g/mol. The van der Waals surface area contributed by atoms with Crippen molar-refractivity contribution in [3.8, 4) is 11.5 Å². The number of rotatable bonds is 13. The number of anilines is 1. The van der Waals surface area contributed by atoms with Crippen LogP contribution in [-0.4, -0.2) is 58.0 Å². The van der Waals surface area contributed by atoms with E-state index in [4.69, 9.17) is 9.47 Å². The summed E-state index contributed by atoms with van der Waals surface area (Å²) in [5.74, 6) is 0.0167. The third-order valence-corrected chi connectivity index (χ3v) is 9.34. The molecule has 0 radical (unpaired) electrons. The molecule has 1 aliphatic carbocycles. The highest BCUT2D eigenvalue weighted by molar-refractivity contribution is 7.92. The smallest absolute Gasteiger partial charge is 0.264 e. The fourth-order valence-corrected chi connectivity index (χ4v) is 6.72. The Labute approximate surface area is 248 Å². The van der Waals surface area contributed by atoms with E-state index < -0.39 is 28.5 Å². The summed E-state index contributed by atoms with van der Waals surface area (Å²) in [4.78, 5) is 29.3. The van der Waals surface area contributed by atoms with E-state index in [1.807, 2.05) is 37.3 Å². The summed E-state index contributed by atoms with van der Waals surface area (Å²) in [7, 11) is -1.24. The van der Waals surface area contributed by atoms with Gasteiger partial charge in [0.25, 0.3) is 10.0 Å². The van der Waals surface area contributed by atoms with Crippen LogP contribution in [0.4, 0.5) is 5.69 Å². The lowest BCUT2D eigenvalue weighted by molar-refractivity contribution is -0.140. The lowest BCUT2D eigenvalue weighted by Crippen LogP contribution is -2.53. The van der Waals surface area contributed by atoms with Gasteiger partial charge in [-0.1, -0.05) is 68.3 Å². The Balaban J connectivity index is 1.73. The van der Waals surface area contributed by atoms with Gasteiger partial charge in [-0.15, -0.1) is 0 Å². The molecule has 10 heteroatoms. The van der Waals surface area contributed by atoms with Crippen LogP contribution >= 0.6 is 0 Å². The first-order valence-corrected chi connectivity index (χ1v) is 15.7. The number of amides is 2. The molecule has 2 amide bonds. The van der Waals surface area contributed by atoms with Crippen molar-refractivity contribution < 1.29 is 27.5 Å². The first-order valence-electron chi connectivity index (χ1n) is 14.2. The van der Waals surface area contributed by atoms with Gasteiger partial charge in [-0.3, -0.25) is 13.9 Å². The minimum atomic E-state index is -4.18. The van der Waals surface area contributed by atoms with Crippen molar-refractivity contribution in [2.24, 2.45) is 0 Å². The van der Waals surface area contributed by atoms with Crippen LogP contribution < -0.4 is 19.1 Å². The minimum Gasteiger partial charge on any atom is -0.493 e. The Kier molecular flexibility index (Phi) is 10.5. The molecule has 1 atom stereocenters. The molecule has 0 saturated heterocycles. The fraction of sp³-hybridized carbons (Fsp3) is 0.375. The molecule has 0 spiro atoms. The lowest BCUT2D eigenvalue weighted by Gasteiger charge is -2.34. The predicted molar refractivity (Wildman–Crippen MR) is 162 cm³/mol. The summed E-state index contributed by atoms with van der Waals surface area (Å²) >= 11 is 0. The van der Waals surface area contributed by atoms with Gasteiger partial charge in [-0.2, -0.15) is 0 Å². The van der Waals surface area contributed by atoms with Crippen LogP contribution in [0.25, 0.3) is 0 Å². The van der Waals surface area contributed by atoms with E-state index in [1.165, 1.54) is 37.3 Å². The SMILES string of the molecule is CC[C@@H](C(=O)NC1CCCC1)N(Cc1ccccc1)C(=O)CN(c1ccc(OC)c(OC)c1)S(=O)(=O)c1ccccc1. The molecule has 0 unspecified atom stereocenters. The molecule has 0 aliphatic heterocycles. The Hall–Kier alpha value is -4.05. The van der Waals surface area contributed by atoms with Crippen molar-refractivity contribution in [3.05, 3.63) is 84.4 Å². The zero-order valence-electron chi connectivity index (χ0n) is 24.4. The molecule has 0 aromatic heterocycles. The molecule has 3 aromatic carbocycles. The van der Waals surface area contributed by atoms with E-state index in [1.54, 1.807) is 30.3 Å². The summed E-state index contributed by atoms with van der Waals surface area (Å²) < 4.78 is 39.9. The van der Waals surface area contributed by atoms with Crippen LogP contribution in [0.2, 0.25) is 0 Å². The first-order chi connectivity index (χ1) is 20.3. The van der Waals surface area contributed by atoms with Gasteiger partial charge in [-0.25, -0.2) is 8.42 Å². The number of hydrogen-bond donors (Lipinski definition) is 1. The van der Waals surface area contributed by atoms with Gasteiger partial charge in [0.1, 0.15) is 12.6 Å². The number of nitrogens with one attached hydrogen (secondary N) is 1. The molecule has 224 valence electrons. The Morgan fingerprint density at radius 3 is 2.12 bits per heavy atom. The number of nitrogens with zero attached hydrogens (tertiary/aromatic N) is 2. The molecule has 1 saturated carbocycles. The Morgan fingerprint density at radius 1 is 0.905 bits per heavy atom. The molecule has 3 aromatic rings. The summed E-state index contributed by atoms with van der Waals surface area (Å²) in [5.41, 5.74) is 1.06. The van der Waals surface area contributed by atoms with E-state index >= 15 is 0 Å². The fourth-order valence-electron chi connectivity index (χ4n) is 5.30. The highest BCUT2D eigenvalue weighted by Crippen LogP contribution is 2.34. The summed E-state index contributed by atoms with van der Waals surface area (Å²) in [6.07, 6.45) is 4.32. The minimum absolute atomic E-state index is 0.0354. The van der Waals surface area contributed by atoms with Gasteiger partial charge >= 0.3 is 0 Å². The van der Waals surface area contributed by atoms with Crippen LogP contribution in [-0.2, 0) is 26.2 Å². The second kappa shape index (κ2) is 14.2. The number of hydrogen-bond acceptors (Lipinski definition) is 6. The Bertz CT molecular complexity index is 1440. The molecule has 9 nitrogen and oxygen atoms in total. The van der Waals surface area contributed by atoms with Crippen LogP contribution in [0, 0.1) is 0 Å². The van der Waals surface area contributed by atoms with Gasteiger partial charge in [0, 0.05) is 18.7 Å². The largest absolute Gasteiger partial charge is 0.493 e. The zero-order chi connectivity index (χ0) is 30.1. The molecule has 1 fully saturated rings. The third kappa shape index (κ3) is 7.23. The van der Waals surface area contributed by atoms with Crippen LogP contribution in [0.5, 0.6) is 11.5 Å². The summed E-state index contributed by atoms with van der Waals surface area (Å²) in [5, 5.41) is 3.12. The van der Waals surface area contributed by atoms with E-state index in [0.29, 0.717) is 17.9 Å². The van der Waals surface area contributed by atoms with Gasteiger partial charge in [0.15, 0.2) is 11.5 Å². The number of carbonyl (C=O) groups is 2. The van der Waals surface area contributed by atoms with E-state index in [2.05, 4.69) is 5.32 Å². The van der Waals surface area contributed by atoms with Crippen LogP contribution in [0.15, 0.2) is 83.8 Å². The van der Waals surface area contributed by atoms with Crippen molar-refractivity contribution in [1.29, 1.82) is 0 Å². The van der Waals surface area contributed by atoms with Gasteiger partial charge in [0.05, 0.1) is 24.8 Å². The maximum atomic E-state index is 14.2. The number of ether oxygens (including phenoxy) is 2. The molecule has 0 heterocycles. The van der Waals surface area contributed by atoms with Crippen LogP contribution in [0.1, 0.15) is 44.6 Å². The molecular formula is C32H39N3O6S. The van der Waals surface area contributed by atoms with Gasteiger partial charge in [0.2, 0.25) is 11.8 Å². The second-order valence-corrected chi connectivity index (χ2v) is 12.1. The molecule has 1 aliphatic rings. The average Bonchev–Trinajstić information content (AvgIpc) is 3.53. The molecule has 0 bridgehead atoms. The van der Waals surface area contributed by atoms with Crippen molar-refractivity contribution in [2.45, 2.75) is 62.6 Å². The van der Waals surface area contributed by atoms with Gasteiger partial charge in [-0.05, 0) is 49.1 Å². The zero-order valence-corrected chi connectivity index (χ0v) is 25.2. The topological polar surface area (TPSA) is 105 Å². The molecule has 1 N–H and O–H groups in total. The van der Waals surface area contributed by atoms with E-state index in [-0.39, 0.29) is 29.1 Å². The highest BCUT2D eigenvalue weighted by atomic mass is 32.2. The van der Waals surface area contributed by atoms with Crippen molar-refractivity contribution in [2.75, 3.05) is 25.1 Å². The standard InChI is InChI=1S/C32H39N3O6S/c1-4-28(32(37)33-25-15-11-12-16-25)34(22-24-13-7-5-8-14-24)31(36)23-35(42(38,39)27-17-9-6-10-18-27)26-19-20-29(40-2)30(21-26)41-3/h5-10,13-14,17-21,25,28H,4,11-12,15-16,22-23H2,1-3H3,(H,33,37)/t28-/m0/s1. The number of methoxy groups -OCH3 is 2. The van der Waals surface area contributed by atoms with Crippen molar-refractivity contribution >= 4 is 27.5 Å². The maximum absolute atomic E-state index is 14.2. The molecule has 4 rings (SSSR count). The average molecular weight is 594 g/mol. The molecule has 42 heavy (non-hydrogen) atoms. The van der Waals surface area contributed by atoms with Crippen LogP contribution in [0.3, 0.4) is 0 Å². The van der Waals surface area contributed by atoms with Gasteiger partial charge < -0.3 is 19.7 Å². The summed E-state index contributed by atoms with van der Waals surface area (Å²) in [6.45, 7) is 1.49. The normalized spacial score (nSPS) is 14.2. The quantitative estimate of drug-likeness (QED) is 0.306.